The monoisotopic (exact) mass is 312 g/mol. The van der Waals surface area contributed by atoms with Gasteiger partial charge in [0.05, 0.1) is 0 Å². The largest absolute Gasteiger partial charge is 0.700 e. The summed E-state index contributed by atoms with van der Waals surface area (Å²) in [6.07, 6.45) is -1.85. The summed E-state index contributed by atoms with van der Waals surface area (Å²) in [5.41, 5.74) is 0.750. The molecule has 11 heteroatoms. The molecule has 0 spiro atoms. The van der Waals surface area contributed by atoms with Crippen LogP contribution in [0.5, 0.6) is 0 Å². The molecule has 1 rings (SSSR count). The number of nitrogens with zero attached hydrogens (tertiary/aromatic N) is 3. The van der Waals surface area contributed by atoms with E-state index in [4.69, 9.17) is 0 Å². The summed E-state index contributed by atoms with van der Waals surface area (Å²) < 4.78 is 0. The average molecular weight is 312 g/mol. The Bertz CT molecular complexity index is 553. The summed E-state index contributed by atoms with van der Waals surface area (Å²) >= 11 is 0. The molecule has 0 fully saturated rings. The molecule has 11 nitrogen and oxygen atoms in total. The summed E-state index contributed by atoms with van der Waals surface area (Å²) in [6, 6.07) is 8.67. The summed E-state index contributed by atoms with van der Waals surface area (Å²) in [6.45, 7) is 0.113. The van der Waals surface area contributed by atoms with E-state index < -0.39 is 39.3 Å². The van der Waals surface area contributed by atoms with E-state index in [9.17, 15) is 35.1 Å². The van der Waals surface area contributed by atoms with Crippen molar-refractivity contribution in [3.05, 3.63) is 66.2 Å². The van der Waals surface area contributed by atoms with Crippen LogP contribution in [0.1, 0.15) is 18.4 Å². The van der Waals surface area contributed by atoms with Crippen molar-refractivity contribution in [1.82, 2.24) is 5.32 Å². The van der Waals surface area contributed by atoms with Gasteiger partial charge in [0.25, 0.3) is 0 Å². The highest BCUT2D eigenvalue weighted by atomic mass is 16.7. The van der Waals surface area contributed by atoms with Gasteiger partial charge in [-0.1, -0.05) is 30.3 Å². The molecule has 22 heavy (non-hydrogen) atoms. The maximum atomic E-state index is 11.6. The third-order valence-electron chi connectivity index (χ3n) is 2.90. The van der Waals surface area contributed by atoms with Gasteiger partial charge >= 0.3 is 5.79 Å². The molecule has 0 heterocycles. The predicted molar refractivity (Wildman–Crippen MR) is 71.2 cm³/mol. The molecule has 0 unspecified atom stereocenters. The molecule has 0 saturated heterocycles. The zero-order valence-electron chi connectivity index (χ0n) is 11.2. The molecule has 1 amide bonds. The Hall–Kier alpha value is -3.11. The Morgan fingerprint density at radius 3 is 1.95 bits per heavy atom. The maximum Gasteiger partial charge on any atom is 0.700 e. The van der Waals surface area contributed by atoms with Crippen molar-refractivity contribution in [2.24, 2.45) is 0 Å². The van der Waals surface area contributed by atoms with E-state index in [1.807, 2.05) is 0 Å². The van der Waals surface area contributed by atoms with Crippen LogP contribution in [0, 0.1) is 30.3 Å². The minimum Gasteiger partial charge on any atom is -0.352 e. The van der Waals surface area contributed by atoms with Crippen molar-refractivity contribution in [2.75, 3.05) is 0 Å². The highest BCUT2D eigenvalue weighted by Crippen LogP contribution is 2.19. The normalized spacial score (nSPS) is 10.7. The zero-order chi connectivity index (χ0) is 16.8. The molecule has 0 saturated carbocycles. The highest BCUT2D eigenvalue weighted by Gasteiger charge is 2.69. The molecule has 118 valence electrons. The number of nitrogens with one attached hydrogen (secondary N) is 1. The lowest BCUT2D eigenvalue weighted by Gasteiger charge is -2.09. The van der Waals surface area contributed by atoms with Crippen molar-refractivity contribution in [3.63, 3.8) is 0 Å². The van der Waals surface area contributed by atoms with Gasteiger partial charge in [0.1, 0.15) is 0 Å². The minimum absolute atomic E-state index is 0.113. The van der Waals surface area contributed by atoms with Crippen LogP contribution in [0.15, 0.2) is 30.3 Å². The molecule has 0 radical (unpaired) electrons. The van der Waals surface area contributed by atoms with E-state index >= 15 is 0 Å². The van der Waals surface area contributed by atoms with Crippen LogP contribution in [0.2, 0.25) is 0 Å². The molecule has 0 atom stereocenters. The number of nitro groups is 3. The summed E-state index contributed by atoms with van der Waals surface area (Å²) in [4.78, 5) is 38.8. The Balaban J connectivity index is 2.65. The van der Waals surface area contributed by atoms with Gasteiger partial charge < -0.3 is 5.32 Å². The molecule has 0 aliphatic heterocycles. The second-order valence-corrected chi connectivity index (χ2v) is 4.31. The Morgan fingerprint density at radius 2 is 1.50 bits per heavy atom. The molecule has 0 aromatic heterocycles. The second kappa shape index (κ2) is 7.06. The smallest absolute Gasteiger partial charge is 0.352 e. The fourth-order valence-electron chi connectivity index (χ4n) is 1.64. The third-order valence-corrected chi connectivity index (χ3v) is 2.90. The van der Waals surface area contributed by atoms with Crippen molar-refractivity contribution in [1.29, 1.82) is 0 Å². The minimum atomic E-state index is -3.61. The number of hydrogen-bond donors (Lipinski definition) is 1. The first-order valence-corrected chi connectivity index (χ1v) is 6.05. The lowest BCUT2D eigenvalue weighted by Crippen LogP contribution is -2.53. The third kappa shape index (κ3) is 3.71. The van der Waals surface area contributed by atoms with Gasteiger partial charge in [-0.25, -0.2) is 0 Å². The van der Waals surface area contributed by atoms with Crippen molar-refractivity contribution in [3.8, 4) is 0 Å². The number of rotatable bonds is 8. The average Bonchev–Trinajstić information content (AvgIpc) is 2.45. The van der Waals surface area contributed by atoms with E-state index in [1.54, 1.807) is 30.3 Å². The van der Waals surface area contributed by atoms with Crippen LogP contribution in [0.3, 0.4) is 0 Å². The molecule has 1 N–H and O–H groups in total. The first-order chi connectivity index (χ1) is 10.3. The summed E-state index contributed by atoms with van der Waals surface area (Å²) in [7, 11) is 0. The standard InChI is InChI=1S/C11H12N4O7/c16-10(12-8-9-4-2-1-3-5-9)6-7-11(13(17)18,14(19)20)15(21)22/h1-5H,6-8H2,(H,12,16). The van der Waals surface area contributed by atoms with E-state index in [2.05, 4.69) is 5.32 Å². The fraction of sp³-hybridized carbons (Fsp3) is 0.364. The molecular weight excluding hydrogens is 300 g/mol. The highest BCUT2D eigenvalue weighted by molar-refractivity contribution is 5.75. The van der Waals surface area contributed by atoms with Gasteiger partial charge in [0.15, 0.2) is 21.2 Å². The van der Waals surface area contributed by atoms with E-state index in [0.29, 0.717) is 0 Å². The van der Waals surface area contributed by atoms with Crippen LogP contribution < -0.4 is 5.32 Å². The molecule has 1 aromatic rings. The van der Waals surface area contributed by atoms with E-state index in [-0.39, 0.29) is 6.54 Å². The van der Waals surface area contributed by atoms with Crippen molar-refractivity contribution >= 4 is 5.91 Å². The van der Waals surface area contributed by atoms with Gasteiger partial charge in [-0.05, 0) is 5.56 Å². The lowest BCUT2D eigenvalue weighted by molar-refractivity contribution is -0.970. The number of amides is 1. The first kappa shape index (κ1) is 16.9. The van der Waals surface area contributed by atoms with Gasteiger partial charge in [-0.3, -0.25) is 35.1 Å². The first-order valence-electron chi connectivity index (χ1n) is 6.05. The quantitative estimate of drug-likeness (QED) is 0.417. The molecular formula is C11H12N4O7. The van der Waals surface area contributed by atoms with Gasteiger partial charge in [-0.2, -0.15) is 0 Å². The van der Waals surface area contributed by atoms with Crippen LogP contribution in [0.25, 0.3) is 0 Å². The molecule has 0 bridgehead atoms. The predicted octanol–water partition coefficient (Wildman–Crippen LogP) is 0.567. The number of carbonyl (C=O) groups is 1. The van der Waals surface area contributed by atoms with Gasteiger partial charge in [-0.15, -0.1) is 0 Å². The molecule has 1 aromatic carbocycles. The zero-order valence-corrected chi connectivity index (χ0v) is 11.2. The van der Waals surface area contributed by atoms with Gasteiger partial charge in [0.2, 0.25) is 5.91 Å². The lowest BCUT2D eigenvalue weighted by atomic mass is 10.1. The number of carbonyl (C=O) groups excluding carboxylic acids is 1. The molecule has 0 aliphatic carbocycles. The summed E-state index contributed by atoms with van der Waals surface area (Å²) in [5, 5.41) is 34.4. The van der Waals surface area contributed by atoms with Crippen LogP contribution in [0.4, 0.5) is 0 Å². The Labute approximate surface area is 123 Å². The molecule has 0 aliphatic rings. The Morgan fingerprint density at radius 1 is 1.00 bits per heavy atom. The second-order valence-electron chi connectivity index (χ2n) is 4.31. The van der Waals surface area contributed by atoms with Crippen molar-refractivity contribution < 1.29 is 19.6 Å². The van der Waals surface area contributed by atoms with Crippen LogP contribution in [-0.4, -0.2) is 26.5 Å². The van der Waals surface area contributed by atoms with Crippen LogP contribution >= 0.6 is 0 Å². The van der Waals surface area contributed by atoms with Crippen molar-refractivity contribution in [2.45, 2.75) is 25.2 Å². The van der Waals surface area contributed by atoms with Crippen LogP contribution in [-0.2, 0) is 11.3 Å². The van der Waals surface area contributed by atoms with E-state index in [0.717, 1.165) is 5.56 Å². The van der Waals surface area contributed by atoms with E-state index in [1.165, 1.54) is 0 Å². The Kier molecular flexibility index (Phi) is 5.44. The fourth-order valence-corrected chi connectivity index (χ4v) is 1.64. The number of benzene rings is 1. The number of hydrogen-bond acceptors (Lipinski definition) is 7. The summed E-state index contributed by atoms with van der Waals surface area (Å²) in [5.74, 6) is -4.36. The van der Waals surface area contributed by atoms with Gasteiger partial charge in [0, 0.05) is 13.0 Å². The SMILES string of the molecule is O=C(CCC([N+](=O)[O-])([N+](=O)[O-])[N+](=O)[O-])NCc1ccccc1. The maximum absolute atomic E-state index is 11.6. The topological polar surface area (TPSA) is 159 Å².